The molecule has 0 aromatic carbocycles. The molecule has 16 heavy (non-hydrogen) atoms. The second-order valence-corrected chi connectivity index (χ2v) is 7.14. The molecule has 0 aromatic heterocycles. The summed E-state index contributed by atoms with van der Waals surface area (Å²) in [5.74, 6) is 1.10. The van der Waals surface area contributed by atoms with Gasteiger partial charge in [-0.05, 0) is 44.2 Å². The van der Waals surface area contributed by atoms with Gasteiger partial charge in [0.05, 0.1) is 5.25 Å². The quantitative estimate of drug-likeness (QED) is 0.669. The van der Waals surface area contributed by atoms with Gasteiger partial charge in [-0.15, -0.1) is 0 Å². The van der Waals surface area contributed by atoms with Crippen molar-refractivity contribution >= 4 is 21.8 Å². The van der Waals surface area contributed by atoms with Crippen LogP contribution >= 0.6 is 11.8 Å². The fourth-order valence-corrected chi connectivity index (χ4v) is 3.76. The number of hydrogen-bond donors (Lipinski definition) is 2. The molecule has 1 unspecified atom stereocenters. The molecule has 0 amide bonds. The molecule has 0 radical (unpaired) electrons. The Balaban J connectivity index is 2.22. The first kappa shape index (κ1) is 14.3. The van der Waals surface area contributed by atoms with Gasteiger partial charge < -0.3 is 5.32 Å². The van der Waals surface area contributed by atoms with Crippen molar-refractivity contribution in [3.63, 3.8) is 0 Å². The van der Waals surface area contributed by atoms with E-state index in [4.69, 9.17) is 0 Å². The number of nitrogens with one attached hydrogen (secondary N) is 2. The van der Waals surface area contributed by atoms with Gasteiger partial charge in [-0.25, -0.2) is 13.1 Å². The lowest BCUT2D eigenvalue weighted by atomic mass is 10.2. The lowest BCUT2D eigenvalue weighted by molar-refractivity contribution is 0.489. The molecular weight excluding hydrogens is 244 g/mol. The Kier molecular flexibility index (Phi) is 6.72. The summed E-state index contributed by atoms with van der Waals surface area (Å²) in [6.07, 6.45) is 5.82. The van der Waals surface area contributed by atoms with Gasteiger partial charge in [0.15, 0.2) is 0 Å². The summed E-state index contributed by atoms with van der Waals surface area (Å²) in [4.78, 5) is 0. The molecule has 6 heteroatoms. The fraction of sp³-hybridized carbons (Fsp3) is 1.00. The van der Waals surface area contributed by atoms with E-state index < -0.39 is 10.0 Å². The third kappa shape index (κ3) is 5.03. The van der Waals surface area contributed by atoms with Crippen LogP contribution in [0.2, 0.25) is 0 Å². The van der Waals surface area contributed by atoms with Gasteiger partial charge in [-0.1, -0.05) is 0 Å². The summed E-state index contributed by atoms with van der Waals surface area (Å²) in [5.41, 5.74) is 0. The zero-order chi connectivity index (χ0) is 11.9. The molecule has 1 atom stereocenters. The Bertz CT molecular complexity index is 275. The summed E-state index contributed by atoms with van der Waals surface area (Å²) in [7, 11) is -3.09. The summed E-state index contributed by atoms with van der Waals surface area (Å²) in [5, 5.41) is 2.89. The number of rotatable bonds is 7. The summed E-state index contributed by atoms with van der Waals surface area (Å²) in [6.45, 7) is 2.12. The van der Waals surface area contributed by atoms with Crippen molar-refractivity contribution in [1.29, 1.82) is 0 Å². The maximum atomic E-state index is 11.9. The zero-order valence-electron chi connectivity index (χ0n) is 9.87. The zero-order valence-corrected chi connectivity index (χ0v) is 11.5. The minimum atomic E-state index is -3.09. The monoisotopic (exact) mass is 266 g/mol. The molecule has 1 saturated heterocycles. The summed E-state index contributed by atoms with van der Waals surface area (Å²) < 4.78 is 26.4. The predicted molar refractivity (Wildman–Crippen MR) is 70.4 cm³/mol. The highest BCUT2D eigenvalue weighted by Gasteiger charge is 2.26. The van der Waals surface area contributed by atoms with Crippen LogP contribution in [0.15, 0.2) is 0 Å². The largest absolute Gasteiger partial charge is 0.315 e. The molecule has 96 valence electrons. The SMILES string of the molecule is CSCCCCNS(=O)(=O)C1CCCNC1. The maximum absolute atomic E-state index is 11.9. The van der Waals surface area contributed by atoms with E-state index in [1.165, 1.54) is 0 Å². The van der Waals surface area contributed by atoms with Crippen molar-refractivity contribution in [3.05, 3.63) is 0 Å². The highest BCUT2D eigenvalue weighted by Crippen LogP contribution is 2.10. The minimum Gasteiger partial charge on any atom is -0.315 e. The first-order valence-electron chi connectivity index (χ1n) is 5.85. The standard InChI is InChI=1S/C10H22N2O2S2/c1-15-8-3-2-7-12-16(13,14)10-5-4-6-11-9-10/h10-12H,2-9H2,1H3. The minimum absolute atomic E-state index is 0.234. The molecule has 0 bridgehead atoms. The first-order chi connectivity index (χ1) is 7.67. The van der Waals surface area contributed by atoms with E-state index in [0.29, 0.717) is 13.1 Å². The molecule has 2 N–H and O–H groups in total. The molecule has 1 aliphatic rings. The van der Waals surface area contributed by atoms with Crippen molar-refractivity contribution in [1.82, 2.24) is 10.0 Å². The molecule has 0 aromatic rings. The molecule has 0 spiro atoms. The Morgan fingerprint density at radius 1 is 1.44 bits per heavy atom. The van der Waals surface area contributed by atoms with Crippen molar-refractivity contribution in [2.75, 3.05) is 31.6 Å². The predicted octanol–water partition coefficient (Wildman–Crippen LogP) is 0.801. The van der Waals surface area contributed by atoms with Gasteiger partial charge >= 0.3 is 0 Å². The van der Waals surface area contributed by atoms with Crippen LogP contribution in [0.3, 0.4) is 0 Å². The second kappa shape index (κ2) is 7.53. The number of piperidine rings is 1. The molecule has 1 fully saturated rings. The summed E-state index contributed by atoms with van der Waals surface area (Å²) in [6, 6.07) is 0. The van der Waals surface area contributed by atoms with Gasteiger partial charge in [-0.2, -0.15) is 11.8 Å². The van der Waals surface area contributed by atoms with Crippen LogP contribution < -0.4 is 10.0 Å². The molecule has 1 heterocycles. The van der Waals surface area contributed by atoms with E-state index in [9.17, 15) is 8.42 Å². The van der Waals surface area contributed by atoms with E-state index >= 15 is 0 Å². The van der Waals surface area contributed by atoms with Crippen LogP contribution in [0.4, 0.5) is 0 Å². The normalized spacial score (nSPS) is 22.2. The van der Waals surface area contributed by atoms with Crippen LogP contribution in [0.25, 0.3) is 0 Å². The molecular formula is C10H22N2O2S2. The third-order valence-corrected chi connectivity index (χ3v) is 5.35. The highest BCUT2D eigenvalue weighted by molar-refractivity contribution is 7.98. The van der Waals surface area contributed by atoms with Gasteiger partial charge in [0.25, 0.3) is 0 Å². The molecule has 4 nitrogen and oxygen atoms in total. The van der Waals surface area contributed by atoms with E-state index in [0.717, 1.165) is 38.0 Å². The smallest absolute Gasteiger partial charge is 0.215 e. The van der Waals surface area contributed by atoms with Crippen LogP contribution in [-0.2, 0) is 10.0 Å². The number of sulfonamides is 1. The topological polar surface area (TPSA) is 58.2 Å². The van der Waals surface area contributed by atoms with Gasteiger partial charge in [-0.3, -0.25) is 0 Å². The highest BCUT2D eigenvalue weighted by atomic mass is 32.2. The number of hydrogen-bond acceptors (Lipinski definition) is 4. The Labute approximate surface area is 103 Å². The molecule has 1 aliphatic heterocycles. The maximum Gasteiger partial charge on any atom is 0.215 e. The van der Waals surface area contributed by atoms with Crippen LogP contribution in [0.5, 0.6) is 0 Å². The molecule has 0 aliphatic carbocycles. The van der Waals surface area contributed by atoms with Gasteiger partial charge in [0, 0.05) is 13.1 Å². The Hall–Kier alpha value is 0.220. The fourth-order valence-electron chi connectivity index (χ4n) is 1.79. The van der Waals surface area contributed by atoms with Crippen molar-refractivity contribution in [3.8, 4) is 0 Å². The van der Waals surface area contributed by atoms with Gasteiger partial charge in [0.2, 0.25) is 10.0 Å². The van der Waals surface area contributed by atoms with E-state index in [1.54, 1.807) is 11.8 Å². The lowest BCUT2D eigenvalue weighted by Crippen LogP contribution is -2.44. The number of unbranched alkanes of at least 4 members (excludes halogenated alkanes) is 1. The average molecular weight is 266 g/mol. The molecule has 1 rings (SSSR count). The summed E-state index contributed by atoms with van der Waals surface area (Å²) >= 11 is 1.80. The van der Waals surface area contributed by atoms with Crippen molar-refractivity contribution in [2.24, 2.45) is 0 Å². The number of thioether (sulfide) groups is 1. The van der Waals surface area contributed by atoms with E-state index in [2.05, 4.69) is 16.3 Å². The molecule has 0 saturated carbocycles. The second-order valence-electron chi connectivity index (χ2n) is 4.11. The average Bonchev–Trinajstić information content (AvgIpc) is 2.30. The third-order valence-electron chi connectivity index (χ3n) is 2.77. The van der Waals surface area contributed by atoms with E-state index in [-0.39, 0.29) is 5.25 Å². The van der Waals surface area contributed by atoms with Crippen molar-refractivity contribution < 1.29 is 8.42 Å². The van der Waals surface area contributed by atoms with Gasteiger partial charge in [0.1, 0.15) is 0 Å². The lowest BCUT2D eigenvalue weighted by Gasteiger charge is -2.22. The van der Waals surface area contributed by atoms with Crippen molar-refractivity contribution in [2.45, 2.75) is 30.9 Å². The van der Waals surface area contributed by atoms with Crippen LogP contribution in [0, 0.1) is 0 Å². The Morgan fingerprint density at radius 3 is 2.88 bits per heavy atom. The Morgan fingerprint density at radius 2 is 2.25 bits per heavy atom. The van der Waals surface area contributed by atoms with E-state index in [1.807, 2.05) is 0 Å². The first-order valence-corrected chi connectivity index (χ1v) is 8.79. The van der Waals surface area contributed by atoms with Crippen LogP contribution in [0.1, 0.15) is 25.7 Å². The van der Waals surface area contributed by atoms with Crippen LogP contribution in [-0.4, -0.2) is 45.3 Å².